The second kappa shape index (κ2) is 5.28. The van der Waals surface area contributed by atoms with Gasteiger partial charge in [0.25, 0.3) is 5.91 Å². The summed E-state index contributed by atoms with van der Waals surface area (Å²) in [5, 5.41) is 10.8. The minimum Gasteiger partial charge on any atom is -0.399 e. The lowest BCUT2D eigenvalue weighted by molar-refractivity contribution is 0.102. The van der Waals surface area contributed by atoms with E-state index in [9.17, 15) is 4.79 Å². The maximum absolute atomic E-state index is 12.4. The first-order valence-corrected chi connectivity index (χ1v) is 6.37. The number of carbonyl (C=O) groups is 1. The van der Waals surface area contributed by atoms with Crippen LogP contribution >= 0.6 is 0 Å². The molecule has 0 saturated heterocycles. The van der Waals surface area contributed by atoms with E-state index in [0.717, 1.165) is 16.8 Å². The number of hydrogen-bond acceptors (Lipinski definition) is 4. The van der Waals surface area contributed by atoms with Crippen molar-refractivity contribution in [3.05, 3.63) is 46.3 Å². The van der Waals surface area contributed by atoms with E-state index in [-0.39, 0.29) is 5.91 Å². The third kappa shape index (κ3) is 2.77. The van der Waals surface area contributed by atoms with Crippen molar-refractivity contribution in [1.29, 1.82) is 0 Å². The lowest BCUT2D eigenvalue weighted by Gasteiger charge is -2.13. The van der Waals surface area contributed by atoms with Crippen molar-refractivity contribution < 1.29 is 4.79 Å². The summed E-state index contributed by atoms with van der Waals surface area (Å²) in [6, 6.07) is 5.41. The van der Waals surface area contributed by atoms with E-state index < -0.39 is 0 Å². The molecule has 0 fully saturated rings. The smallest absolute Gasteiger partial charge is 0.257 e. The summed E-state index contributed by atoms with van der Waals surface area (Å²) in [5.74, 6) is -0.184. The van der Waals surface area contributed by atoms with E-state index in [1.54, 1.807) is 13.0 Å². The van der Waals surface area contributed by atoms with E-state index in [2.05, 4.69) is 15.5 Å². The average molecular weight is 270 g/mol. The third-order valence-corrected chi connectivity index (χ3v) is 3.14. The second-order valence-electron chi connectivity index (χ2n) is 4.97. The van der Waals surface area contributed by atoms with Gasteiger partial charge in [-0.15, -0.1) is 0 Å². The first-order chi connectivity index (χ1) is 9.38. The Morgan fingerprint density at radius 1 is 1.05 bits per heavy atom. The number of nitrogen functional groups attached to an aromatic ring is 1. The quantitative estimate of drug-likeness (QED) is 0.822. The number of carbonyl (C=O) groups excluding carboxylic acids is 1. The van der Waals surface area contributed by atoms with Gasteiger partial charge in [0.1, 0.15) is 0 Å². The molecule has 0 unspecified atom stereocenters. The highest BCUT2D eigenvalue weighted by atomic mass is 16.1. The summed E-state index contributed by atoms with van der Waals surface area (Å²) in [4.78, 5) is 12.4. The Kier molecular flexibility index (Phi) is 3.70. The van der Waals surface area contributed by atoms with E-state index in [0.29, 0.717) is 22.6 Å². The first-order valence-electron chi connectivity index (χ1n) is 6.37. The van der Waals surface area contributed by atoms with Crippen molar-refractivity contribution in [2.45, 2.75) is 27.7 Å². The molecule has 104 valence electrons. The minimum absolute atomic E-state index is 0.184. The van der Waals surface area contributed by atoms with Gasteiger partial charge in [-0.3, -0.25) is 4.79 Å². The molecule has 0 bridgehead atoms. The number of nitrogens with one attached hydrogen (secondary N) is 1. The van der Waals surface area contributed by atoms with Crippen molar-refractivity contribution >= 4 is 17.3 Å². The van der Waals surface area contributed by atoms with Crippen LogP contribution in [-0.2, 0) is 0 Å². The minimum atomic E-state index is -0.184. The van der Waals surface area contributed by atoms with Crippen LogP contribution in [0, 0.1) is 27.7 Å². The molecule has 0 radical (unpaired) electrons. The van der Waals surface area contributed by atoms with Gasteiger partial charge in [0.2, 0.25) is 0 Å². The van der Waals surface area contributed by atoms with Crippen LogP contribution in [0.1, 0.15) is 32.9 Å². The lowest BCUT2D eigenvalue weighted by atomic mass is 10.1. The zero-order valence-corrected chi connectivity index (χ0v) is 12.1. The van der Waals surface area contributed by atoms with Crippen LogP contribution in [0.15, 0.2) is 18.2 Å². The highest BCUT2D eigenvalue weighted by molar-refractivity contribution is 6.05. The molecule has 20 heavy (non-hydrogen) atoms. The van der Waals surface area contributed by atoms with Crippen LogP contribution in [0.3, 0.4) is 0 Å². The third-order valence-electron chi connectivity index (χ3n) is 3.14. The molecule has 0 aliphatic rings. The number of aromatic nitrogens is 2. The molecule has 5 heteroatoms. The molecule has 0 aliphatic carbocycles. The molecule has 5 nitrogen and oxygen atoms in total. The van der Waals surface area contributed by atoms with Crippen molar-refractivity contribution in [1.82, 2.24) is 10.2 Å². The van der Waals surface area contributed by atoms with E-state index in [4.69, 9.17) is 5.73 Å². The molecule has 2 rings (SSSR count). The summed E-state index contributed by atoms with van der Waals surface area (Å²) in [6.45, 7) is 7.41. The van der Waals surface area contributed by atoms with Gasteiger partial charge >= 0.3 is 0 Å². The lowest BCUT2D eigenvalue weighted by Crippen LogP contribution is -2.16. The summed E-state index contributed by atoms with van der Waals surface area (Å²) >= 11 is 0. The second-order valence-corrected chi connectivity index (χ2v) is 4.97. The SMILES string of the molecule is Cc1cc(C(=O)Nc2c(C)cc(N)cc2C)c(C)nn1. The van der Waals surface area contributed by atoms with Crippen LogP contribution in [-0.4, -0.2) is 16.1 Å². The maximum atomic E-state index is 12.4. The van der Waals surface area contributed by atoms with Gasteiger partial charge in [0.15, 0.2) is 0 Å². The van der Waals surface area contributed by atoms with Crippen molar-refractivity contribution in [2.75, 3.05) is 11.1 Å². The Morgan fingerprint density at radius 3 is 2.25 bits per heavy atom. The monoisotopic (exact) mass is 270 g/mol. The molecule has 3 N–H and O–H groups in total. The summed E-state index contributed by atoms with van der Waals surface area (Å²) < 4.78 is 0. The molecule has 1 aromatic heterocycles. The normalized spacial score (nSPS) is 10.4. The highest BCUT2D eigenvalue weighted by Crippen LogP contribution is 2.24. The Balaban J connectivity index is 2.35. The van der Waals surface area contributed by atoms with Gasteiger partial charge in [-0.05, 0) is 57.0 Å². The van der Waals surface area contributed by atoms with Gasteiger partial charge in [0.05, 0.1) is 17.0 Å². The first kappa shape index (κ1) is 14.0. The zero-order valence-electron chi connectivity index (χ0n) is 12.1. The Morgan fingerprint density at radius 2 is 1.65 bits per heavy atom. The molecule has 2 aromatic rings. The van der Waals surface area contributed by atoms with Gasteiger partial charge in [0, 0.05) is 11.4 Å². The number of nitrogens with zero attached hydrogens (tertiary/aromatic N) is 2. The van der Waals surface area contributed by atoms with Crippen molar-refractivity contribution in [3.8, 4) is 0 Å². The van der Waals surface area contributed by atoms with Crippen LogP contribution in [0.4, 0.5) is 11.4 Å². The summed E-state index contributed by atoms with van der Waals surface area (Å²) in [5.41, 5.74) is 11.0. The number of amides is 1. The fourth-order valence-corrected chi connectivity index (χ4v) is 2.15. The molecule has 0 spiro atoms. The predicted molar refractivity (Wildman–Crippen MR) is 79.8 cm³/mol. The molecule has 0 atom stereocenters. The molecule has 0 saturated carbocycles. The van der Waals surface area contributed by atoms with Gasteiger partial charge < -0.3 is 11.1 Å². The fraction of sp³-hybridized carbons (Fsp3) is 0.267. The van der Waals surface area contributed by atoms with Gasteiger partial charge in [-0.1, -0.05) is 0 Å². The Bertz CT molecular complexity index is 657. The highest BCUT2D eigenvalue weighted by Gasteiger charge is 2.14. The van der Waals surface area contributed by atoms with Crippen molar-refractivity contribution in [3.63, 3.8) is 0 Å². The topological polar surface area (TPSA) is 80.9 Å². The molecule has 1 heterocycles. The average Bonchev–Trinajstić information content (AvgIpc) is 2.36. The van der Waals surface area contributed by atoms with Gasteiger partial charge in [-0.2, -0.15) is 10.2 Å². The number of anilines is 2. The van der Waals surface area contributed by atoms with Crippen molar-refractivity contribution in [2.24, 2.45) is 0 Å². The summed E-state index contributed by atoms with van der Waals surface area (Å²) in [7, 11) is 0. The molecular formula is C15H18N4O. The zero-order chi connectivity index (χ0) is 14.9. The standard InChI is InChI=1S/C15H18N4O/c1-8-5-12(16)6-9(2)14(8)17-15(20)13-7-10(3)18-19-11(13)4/h5-7H,16H2,1-4H3,(H,17,20). The van der Waals surface area contributed by atoms with E-state index >= 15 is 0 Å². The number of aryl methyl sites for hydroxylation is 4. The van der Waals surface area contributed by atoms with Crippen LogP contribution in [0.25, 0.3) is 0 Å². The Labute approximate surface area is 118 Å². The van der Waals surface area contributed by atoms with Crippen LogP contribution < -0.4 is 11.1 Å². The van der Waals surface area contributed by atoms with Gasteiger partial charge in [-0.25, -0.2) is 0 Å². The fourth-order valence-electron chi connectivity index (χ4n) is 2.15. The van der Waals surface area contributed by atoms with Crippen LogP contribution in [0.5, 0.6) is 0 Å². The molecule has 1 amide bonds. The molecule has 0 aliphatic heterocycles. The van der Waals surface area contributed by atoms with Crippen LogP contribution in [0.2, 0.25) is 0 Å². The number of nitrogens with two attached hydrogens (primary N) is 1. The number of benzene rings is 1. The molecular weight excluding hydrogens is 252 g/mol. The largest absolute Gasteiger partial charge is 0.399 e. The molecule has 1 aromatic carbocycles. The number of rotatable bonds is 2. The maximum Gasteiger partial charge on any atom is 0.257 e. The Hall–Kier alpha value is -2.43. The van der Waals surface area contributed by atoms with E-state index in [1.807, 2.05) is 32.9 Å². The predicted octanol–water partition coefficient (Wildman–Crippen LogP) is 2.54. The number of hydrogen-bond donors (Lipinski definition) is 2. The van der Waals surface area contributed by atoms with E-state index in [1.165, 1.54) is 0 Å². The summed E-state index contributed by atoms with van der Waals surface area (Å²) in [6.07, 6.45) is 0.